The molecule has 0 saturated carbocycles. The smallest absolute Gasteiger partial charge is 0.226 e. The van der Waals surface area contributed by atoms with Crippen molar-refractivity contribution in [3.05, 3.63) is 212 Å². The first-order chi connectivity index (χ1) is 28.4. The van der Waals surface area contributed by atoms with Crippen LogP contribution in [0.15, 0.2) is 166 Å². The van der Waals surface area contributed by atoms with Crippen molar-refractivity contribution in [1.82, 2.24) is 0 Å². The van der Waals surface area contributed by atoms with Crippen molar-refractivity contribution in [3.8, 4) is 0 Å². The summed E-state index contributed by atoms with van der Waals surface area (Å²) in [6.07, 6.45) is 5.17. The second-order valence-electron chi connectivity index (χ2n) is 15.3. The van der Waals surface area contributed by atoms with E-state index in [-0.39, 0.29) is 0 Å². The summed E-state index contributed by atoms with van der Waals surface area (Å²) in [6, 6.07) is 52.0. The molecule has 0 aliphatic carbocycles. The lowest BCUT2D eigenvalue weighted by atomic mass is 9.73. The van der Waals surface area contributed by atoms with Crippen LogP contribution in [-0.4, -0.2) is 22.8 Å². The molecule has 0 radical (unpaired) electrons. The van der Waals surface area contributed by atoms with Crippen LogP contribution in [0.5, 0.6) is 0 Å². The van der Waals surface area contributed by atoms with Gasteiger partial charge in [0, 0.05) is 33.4 Å². The molecule has 6 aromatic rings. The van der Waals surface area contributed by atoms with Crippen molar-refractivity contribution in [2.75, 3.05) is 0 Å². The Kier molecular flexibility index (Phi) is 11.0. The highest BCUT2D eigenvalue weighted by molar-refractivity contribution is 6.55. The van der Waals surface area contributed by atoms with Crippen molar-refractivity contribution < 1.29 is 0 Å². The molecule has 0 bridgehead atoms. The highest BCUT2D eigenvalue weighted by Crippen LogP contribution is 2.58. The Labute approximate surface area is 345 Å². The zero-order chi connectivity index (χ0) is 40.3. The van der Waals surface area contributed by atoms with Gasteiger partial charge in [-0.15, -0.1) is 0 Å². The Morgan fingerprint density at radius 1 is 0.310 bits per heavy atom. The fourth-order valence-electron chi connectivity index (χ4n) is 9.08. The van der Waals surface area contributed by atoms with Gasteiger partial charge in [-0.3, -0.25) is 0 Å². The van der Waals surface area contributed by atoms with Gasteiger partial charge in [-0.2, -0.15) is 0 Å². The molecule has 0 atom stereocenters. The molecule has 0 spiro atoms. The van der Waals surface area contributed by atoms with Crippen LogP contribution < -0.4 is 0 Å². The van der Waals surface area contributed by atoms with Crippen LogP contribution in [0.2, 0.25) is 0 Å². The van der Waals surface area contributed by atoms with Gasteiger partial charge >= 0.3 is 0 Å². The summed E-state index contributed by atoms with van der Waals surface area (Å²) in [5.41, 5.74) is 14.7. The van der Waals surface area contributed by atoms with Crippen LogP contribution in [0, 0.1) is 0 Å². The minimum absolute atomic E-state index is 0.820. The lowest BCUT2D eigenvalue weighted by Crippen LogP contribution is -2.46. The van der Waals surface area contributed by atoms with E-state index < -0.39 is 11.3 Å². The predicted molar refractivity (Wildman–Crippen MR) is 244 cm³/mol. The minimum atomic E-state index is -1.32. The number of aliphatic imine (C=N–C) groups is 4. The number of aryl methyl sites for hydroxylation is 6. The maximum Gasteiger partial charge on any atom is 0.226 e. The van der Waals surface area contributed by atoms with Gasteiger partial charge in [-0.25, -0.2) is 20.0 Å². The zero-order valence-electron chi connectivity index (χ0n) is 34.9. The molecule has 0 unspecified atom stereocenters. The SMILES string of the molecule is CCc1cc(CC)c(C2(C3(c4c(CC)cc(CC)cc4CC)N=C(c4ccccc4)C(c4ccccc4)=N3)N=C(c3ccccc3)C(c3ccccc3)=N2)c(CC)c1. The van der Waals surface area contributed by atoms with E-state index in [4.69, 9.17) is 20.0 Å². The Bertz CT molecular complexity index is 2200. The van der Waals surface area contributed by atoms with Crippen LogP contribution >= 0.6 is 0 Å². The van der Waals surface area contributed by atoms with E-state index in [0.29, 0.717) is 0 Å². The van der Waals surface area contributed by atoms with Gasteiger partial charge in [0.1, 0.15) is 0 Å². The summed E-state index contributed by atoms with van der Waals surface area (Å²) in [6.45, 7) is 13.6. The van der Waals surface area contributed by atoms with E-state index in [1.165, 1.54) is 33.4 Å². The Balaban J connectivity index is 1.65. The highest BCUT2D eigenvalue weighted by Gasteiger charge is 2.62. The maximum absolute atomic E-state index is 6.17. The van der Waals surface area contributed by atoms with Gasteiger partial charge < -0.3 is 0 Å². The maximum atomic E-state index is 6.17. The van der Waals surface area contributed by atoms with Crippen molar-refractivity contribution in [2.24, 2.45) is 20.0 Å². The Morgan fingerprint density at radius 3 is 0.724 bits per heavy atom. The Hall–Kier alpha value is -6.00. The molecule has 290 valence electrons. The lowest BCUT2D eigenvalue weighted by Gasteiger charge is -2.42. The van der Waals surface area contributed by atoms with Crippen LogP contribution in [-0.2, 0) is 49.9 Å². The van der Waals surface area contributed by atoms with Gasteiger partial charge in [-0.05, 0) is 71.9 Å². The summed E-state index contributed by atoms with van der Waals surface area (Å²) in [5.74, 6) is 0. The molecular weight excluding hydrogens is 705 g/mol. The van der Waals surface area contributed by atoms with Gasteiger partial charge in [0.25, 0.3) is 0 Å². The van der Waals surface area contributed by atoms with E-state index in [9.17, 15) is 0 Å². The van der Waals surface area contributed by atoms with Gasteiger partial charge in [0.2, 0.25) is 11.3 Å². The van der Waals surface area contributed by atoms with Gasteiger partial charge in [0.15, 0.2) is 0 Å². The summed E-state index contributed by atoms with van der Waals surface area (Å²) in [5, 5.41) is 0. The molecule has 8 rings (SSSR count). The average molecular weight is 759 g/mol. The molecule has 0 aromatic heterocycles. The second kappa shape index (κ2) is 16.5. The number of rotatable bonds is 13. The standard InChI is InChI=1S/C54H54N4/c1-7-37-33-39(9-3)47(40(10-4)34-37)53(55-49(43-25-17-13-18-26-43)50(56-53)44-27-19-14-20-28-44)54(48-41(11-5)35-38(8-2)36-42(48)12-6)57-51(45-29-21-15-22-30-45)52(58-54)46-31-23-16-24-32-46/h13-36H,7-12H2,1-6H3. The predicted octanol–water partition coefficient (Wildman–Crippen LogP) is 12.1. The molecule has 0 saturated heterocycles. The normalized spacial score (nSPS) is 15.5. The molecule has 0 fully saturated rings. The van der Waals surface area contributed by atoms with Crippen molar-refractivity contribution in [3.63, 3.8) is 0 Å². The highest BCUT2D eigenvalue weighted by atomic mass is 15.3. The largest absolute Gasteiger partial charge is 0.243 e. The molecule has 2 aliphatic heterocycles. The first-order valence-corrected chi connectivity index (χ1v) is 21.4. The Morgan fingerprint density at radius 2 is 0.534 bits per heavy atom. The molecular formula is C54H54N4. The third-order valence-corrected chi connectivity index (χ3v) is 12.0. The third-order valence-electron chi connectivity index (χ3n) is 12.0. The number of benzene rings is 6. The number of hydrogen-bond acceptors (Lipinski definition) is 4. The van der Waals surface area contributed by atoms with Crippen LogP contribution in [0.1, 0.15) is 108 Å². The van der Waals surface area contributed by atoms with Gasteiger partial charge in [0.05, 0.1) is 22.8 Å². The monoisotopic (exact) mass is 758 g/mol. The van der Waals surface area contributed by atoms with E-state index >= 15 is 0 Å². The molecule has 4 nitrogen and oxygen atoms in total. The molecule has 6 aromatic carbocycles. The zero-order valence-corrected chi connectivity index (χ0v) is 34.9. The first-order valence-electron chi connectivity index (χ1n) is 21.4. The minimum Gasteiger partial charge on any atom is -0.243 e. The third kappa shape index (κ3) is 6.59. The average Bonchev–Trinajstić information content (AvgIpc) is 3.91. The van der Waals surface area contributed by atoms with Crippen LogP contribution in [0.4, 0.5) is 0 Å². The fraction of sp³-hybridized carbons (Fsp3) is 0.259. The molecule has 2 heterocycles. The fourth-order valence-corrected chi connectivity index (χ4v) is 9.08. The van der Waals surface area contributed by atoms with Crippen molar-refractivity contribution in [1.29, 1.82) is 0 Å². The number of nitrogens with zero attached hydrogens (tertiary/aromatic N) is 4. The summed E-state index contributed by atoms with van der Waals surface area (Å²) >= 11 is 0. The van der Waals surface area contributed by atoms with Crippen LogP contribution in [0.25, 0.3) is 0 Å². The van der Waals surface area contributed by atoms with Crippen LogP contribution in [0.3, 0.4) is 0 Å². The summed E-state index contributed by atoms with van der Waals surface area (Å²) < 4.78 is 0. The first kappa shape index (κ1) is 38.9. The molecule has 4 heteroatoms. The topological polar surface area (TPSA) is 49.4 Å². The summed E-state index contributed by atoms with van der Waals surface area (Å²) in [7, 11) is 0. The molecule has 0 amide bonds. The quantitative estimate of drug-likeness (QED) is 0.113. The number of hydrogen-bond donors (Lipinski definition) is 0. The second-order valence-corrected chi connectivity index (χ2v) is 15.3. The van der Waals surface area contributed by atoms with Crippen molar-refractivity contribution >= 4 is 22.8 Å². The van der Waals surface area contributed by atoms with E-state index in [1.807, 2.05) is 0 Å². The van der Waals surface area contributed by atoms with E-state index in [0.717, 1.165) is 94.8 Å². The van der Waals surface area contributed by atoms with Gasteiger partial charge in [-0.1, -0.05) is 187 Å². The van der Waals surface area contributed by atoms with E-state index in [1.54, 1.807) is 0 Å². The molecule has 58 heavy (non-hydrogen) atoms. The molecule has 0 N–H and O–H groups in total. The lowest BCUT2D eigenvalue weighted by molar-refractivity contribution is 0.251. The van der Waals surface area contributed by atoms with E-state index in [2.05, 4.69) is 187 Å². The molecule has 2 aliphatic rings. The summed E-state index contributed by atoms with van der Waals surface area (Å²) in [4.78, 5) is 24.7. The van der Waals surface area contributed by atoms with Crippen molar-refractivity contribution in [2.45, 2.75) is 91.4 Å².